The maximum atomic E-state index is 14.3. The van der Waals surface area contributed by atoms with Crippen LogP contribution in [0.4, 0.5) is 10.5 Å². The van der Waals surface area contributed by atoms with Gasteiger partial charge in [0.25, 0.3) is 5.91 Å². The summed E-state index contributed by atoms with van der Waals surface area (Å²) in [7, 11) is 0. The number of benzene rings is 3. The van der Waals surface area contributed by atoms with Crippen LogP contribution in [0.5, 0.6) is 0 Å². The van der Waals surface area contributed by atoms with Gasteiger partial charge in [-0.3, -0.25) is 9.59 Å². The molecule has 206 valence electrons. The molecule has 0 spiro atoms. The minimum Gasteiger partial charge on any atom is -0.444 e. The summed E-state index contributed by atoms with van der Waals surface area (Å²) in [6.07, 6.45) is -0.454. The molecule has 0 bridgehead atoms. The minimum absolute atomic E-state index is 0.239. The SMILES string of the molecule is Cc1ccccc1NC(=O)C(c1ccccc1)N(C(=O)C(Cc1ccccc1)NC(=O)OC(C)(C)C)C(C)C. The molecule has 0 radical (unpaired) electrons. The van der Waals surface area contributed by atoms with Gasteiger partial charge in [-0.05, 0) is 64.3 Å². The molecule has 3 rings (SSSR count). The molecule has 2 atom stereocenters. The topological polar surface area (TPSA) is 87.7 Å². The molecule has 3 aromatic carbocycles. The largest absolute Gasteiger partial charge is 0.444 e. The Balaban J connectivity index is 2.02. The Morgan fingerprint density at radius 2 is 1.41 bits per heavy atom. The number of nitrogens with one attached hydrogen (secondary N) is 2. The maximum absolute atomic E-state index is 14.3. The van der Waals surface area contributed by atoms with Crippen molar-refractivity contribution < 1.29 is 19.1 Å². The van der Waals surface area contributed by atoms with E-state index in [9.17, 15) is 14.4 Å². The third-order valence-corrected chi connectivity index (χ3v) is 6.13. The van der Waals surface area contributed by atoms with E-state index in [1.165, 1.54) is 0 Å². The zero-order valence-electron chi connectivity index (χ0n) is 23.6. The van der Waals surface area contributed by atoms with Crippen LogP contribution in [0.2, 0.25) is 0 Å². The van der Waals surface area contributed by atoms with Gasteiger partial charge in [-0.15, -0.1) is 0 Å². The number of rotatable bonds is 9. The molecule has 0 saturated carbocycles. The smallest absolute Gasteiger partial charge is 0.408 e. The fourth-order valence-corrected chi connectivity index (χ4v) is 4.35. The number of para-hydroxylation sites is 1. The van der Waals surface area contributed by atoms with Crippen LogP contribution >= 0.6 is 0 Å². The number of carbonyl (C=O) groups is 3. The van der Waals surface area contributed by atoms with E-state index in [0.29, 0.717) is 11.3 Å². The summed E-state index contributed by atoms with van der Waals surface area (Å²) in [5.41, 5.74) is 2.39. The second-order valence-corrected chi connectivity index (χ2v) is 10.8. The van der Waals surface area contributed by atoms with E-state index in [4.69, 9.17) is 4.74 Å². The highest BCUT2D eigenvalue weighted by Gasteiger charge is 2.38. The molecule has 2 unspecified atom stereocenters. The molecule has 0 aliphatic heterocycles. The van der Waals surface area contributed by atoms with E-state index in [0.717, 1.165) is 11.1 Å². The molecule has 0 aliphatic rings. The number of aryl methyl sites for hydroxylation is 1. The molecule has 7 nitrogen and oxygen atoms in total. The molecule has 0 aliphatic carbocycles. The van der Waals surface area contributed by atoms with E-state index >= 15 is 0 Å². The van der Waals surface area contributed by atoms with Crippen LogP contribution in [0.25, 0.3) is 0 Å². The number of carbonyl (C=O) groups excluding carboxylic acids is 3. The van der Waals surface area contributed by atoms with E-state index < -0.39 is 23.8 Å². The molecule has 7 heteroatoms. The van der Waals surface area contributed by atoms with Crippen LogP contribution in [0.3, 0.4) is 0 Å². The first-order valence-electron chi connectivity index (χ1n) is 13.2. The average molecular weight is 530 g/mol. The summed E-state index contributed by atoms with van der Waals surface area (Å²) >= 11 is 0. The maximum Gasteiger partial charge on any atom is 0.408 e. The van der Waals surface area contributed by atoms with Crippen molar-refractivity contribution in [3.63, 3.8) is 0 Å². The molecule has 0 saturated heterocycles. The van der Waals surface area contributed by atoms with Crippen LogP contribution in [0, 0.1) is 6.92 Å². The van der Waals surface area contributed by atoms with Crippen LogP contribution in [-0.4, -0.2) is 40.5 Å². The lowest BCUT2D eigenvalue weighted by Gasteiger charge is -2.37. The fourth-order valence-electron chi connectivity index (χ4n) is 4.35. The lowest BCUT2D eigenvalue weighted by Crippen LogP contribution is -2.55. The van der Waals surface area contributed by atoms with Crippen molar-refractivity contribution in [1.29, 1.82) is 0 Å². The Kier molecular flexibility index (Phi) is 9.88. The first kappa shape index (κ1) is 29.4. The first-order chi connectivity index (χ1) is 18.5. The van der Waals surface area contributed by atoms with Gasteiger partial charge in [-0.1, -0.05) is 78.9 Å². The molecule has 0 fully saturated rings. The number of hydrogen-bond acceptors (Lipinski definition) is 4. The summed E-state index contributed by atoms with van der Waals surface area (Å²) in [6, 6.07) is 23.9. The predicted molar refractivity (Wildman–Crippen MR) is 154 cm³/mol. The number of nitrogens with zero attached hydrogens (tertiary/aromatic N) is 1. The number of amides is 3. The van der Waals surface area contributed by atoms with Gasteiger partial charge in [-0.2, -0.15) is 0 Å². The molecule has 2 N–H and O–H groups in total. The number of anilines is 1. The van der Waals surface area contributed by atoms with Crippen molar-refractivity contribution in [2.24, 2.45) is 0 Å². The van der Waals surface area contributed by atoms with Crippen LogP contribution in [-0.2, 0) is 20.7 Å². The Morgan fingerprint density at radius 1 is 0.846 bits per heavy atom. The Bertz CT molecular complexity index is 1250. The van der Waals surface area contributed by atoms with Gasteiger partial charge in [-0.25, -0.2) is 4.79 Å². The third-order valence-electron chi connectivity index (χ3n) is 6.13. The minimum atomic E-state index is -0.956. The highest BCUT2D eigenvalue weighted by atomic mass is 16.6. The zero-order valence-corrected chi connectivity index (χ0v) is 23.6. The Hall–Kier alpha value is -4.13. The van der Waals surface area contributed by atoms with Gasteiger partial charge < -0.3 is 20.3 Å². The fraction of sp³-hybridized carbons (Fsp3) is 0.344. The molecule has 39 heavy (non-hydrogen) atoms. The highest BCUT2D eigenvalue weighted by molar-refractivity contribution is 5.99. The van der Waals surface area contributed by atoms with Crippen molar-refractivity contribution in [2.75, 3.05) is 5.32 Å². The molecule has 3 aromatic rings. The zero-order chi connectivity index (χ0) is 28.6. The molecule has 0 heterocycles. The summed E-state index contributed by atoms with van der Waals surface area (Å²) in [5.74, 6) is -0.721. The quantitative estimate of drug-likeness (QED) is 0.353. The average Bonchev–Trinajstić information content (AvgIpc) is 2.87. The molecule has 0 aromatic heterocycles. The number of ether oxygens (including phenoxy) is 1. The van der Waals surface area contributed by atoms with Crippen LogP contribution in [0.15, 0.2) is 84.9 Å². The van der Waals surface area contributed by atoms with Crippen molar-refractivity contribution in [3.05, 3.63) is 102 Å². The standard InChI is InChI=1S/C32H39N3O4/c1-22(2)35(28(25-18-11-8-12-19-25)29(36)33-26-20-14-13-15-23(26)3)30(37)27(21-24-16-9-7-10-17-24)34-31(38)39-32(4,5)6/h7-20,22,27-28H,21H2,1-6H3,(H,33,36)(H,34,38). The lowest BCUT2D eigenvalue weighted by molar-refractivity contribution is -0.142. The second kappa shape index (κ2) is 13.1. The van der Waals surface area contributed by atoms with Gasteiger partial charge >= 0.3 is 6.09 Å². The van der Waals surface area contributed by atoms with E-state index in [1.54, 1.807) is 25.7 Å². The van der Waals surface area contributed by atoms with E-state index in [1.807, 2.05) is 106 Å². The Labute approximate surface area is 231 Å². The summed E-state index contributed by atoms with van der Waals surface area (Å²) in [4.78, 5) is 42.6. The van der Waals surface area contributed by atoms with Gasteiger partial charge in [0.1, 0.15) is 17.7 Å². The lowest BCUT2D eigenvalue weighted by atomic mass is 9.98. The summed E-state index contributed by atoms with van der Waals surface area (Å²) < 4.78 is 5.48. The van der Waals surface area contributed by atoms with Crippen molar-refractivity contribution in [3.8, 4) is 0 Å². The van der Waals surface area contributed by atoms with Crippen molar-refractivity contribution in [1.82, 2.24) is 10.2 Å². The summed E-state index contributed by atoms with van der Waals surface area (Å²) in [6.45, 7) is 10.9. The summed E-state index contributed by atoms with van der Waals surface area (Å²) in [5, 5.41) is 5.79. The Morgan fingerprint density at radius 3 is 1.97 bits per heavy atom. The van der Waals surface area contributed by atoms with E-state index in [2.05, 4.69) is 10.6 Å². The normalized spacial score (nSPS) is 12.8. The predicted octanol–water partition coefficient (Wildman–Crippen LogP) is 6.05. The third kappa shape index (κ3) is 8.43. The van der Waals surface area contributed by atoms with Gasteiger partial charge in [0.2, 0.25) is 5.91 Å². The number of hydrogen-bond donors (Lipinski definition) is 2. The molecular formula is C32H39N3O4. The van der Waals surface area contributed by atoms with Gasteiger partial charge in [0.15, 0.2) is 0 Å². The monoisotopic (exact) mass is 529 g/mol. The van der Waals surface area contributed by atoms with Crippen LogP contribution < -0.4 is 10.6 Å². The van der Waals surface area contributed by atoms with Gasteiger partial charge in [0, 0.05) is 18.2 Å². The van der Waals surface area contributed by atoms with Gasteiger partial charge in [0.05, 0.1) is 0 Å². The molecular weight excluding hydrogens is 490 g/mol. The van der Waals surface area contributed by atoms with Crippen molar-refractivity contribution >= 4 is 23.6 Å². The second-order valence-electron chi connectivity index (χ2n) is 10.8. The van der Waals surface area contributed by atoms with E-state index in [-0.39, 0.29) is 24.3 Å². The highest BCUT2D eigenvalue weighted by Crippen LogP contribution is 2.27. The first-order valence-corrected chi connectivity index (χ1v) is 13.2. The molecule has 3 amide bonds. The van der Waals surface area contributed by atoms with Crippen LogP contribution in [0.1, 0.15) is 57.4 Å². The van der Waals surface area contributed by atoms with Crippen molar-refractivity contribution in [2.45, 2.75) is 71.7 Å². The number of alkyl carbamates (subject to hydrolysis) is 1.